The highest BCUT2D eigenvalue weighted by Gasteiger charge is 2.08. The van der Waals surface area contributed by atoms with Crippen molar-refractivity contribution in [1.29, 1.82) is 0 Å². The van der Waals surface area contributed by atoms with E-state index in [-0.39, 0.29) is 17.5 Å². The zero-order chi connectivity index (χ0) is 16.1. The van der Waals surface area contributed by atoms with Gasteiger partial charge in [-0.1, -0.05) is 35.3 Å². The fourth-order valence-electron chi connectivity index (χ4n) is 1.81. The highest BCUT2D eigenvalue weighted by atomic mass is 35.5. The maximum absolute atomic E-state index is 13.6. The molecule has 0 aliphatic heterocycles. The molecule has 2 nitrogen and oxygen atoms in total. The Kier molecular flexibility index (Phi) is 6.12. The number of carbonyl (C=O) groups excluding carboxylic acids is 1. The second-order valence-electron chi connectivity index (χ2n) is 4.74. The van der Waals surface area contributed by atoms with Crippen molar-refractivity contribution in [1.82, 2.24) is 0 Å². The Bertz CT molecular complexity index is 694. The molecule has 0 fully saturated rings. The minimum atomic E-state index is -0.355. The van der Waals surface area contributed by atoms with Gasteiger partial charge in [-0.05, 0) is 42.3 Å². The molecule has 0 aliphatic rings. The summed E-state index contributed by atoms with van der Waals surface area (Å²) in [5.41, 5.74) is 2.16. The third-order valence-corrected chi connectivity index (χ3v) is 4.43. The van der Waals surface area contributed by atoms with Gasteiger partial charge in [0.15, 0.2) is 0 Å². The topological polar surface area (TPSA) is 29.1 Å². The molecule has 0 bridgehead atoms. The summed E-state index contributed by atoms with van der Waals surface area (Å²) in [4.78, 5) is 11.9. The first-order valence-corrected chi connectivity index (χ1v) is 8.44. The van der Waals surface area contributed by atoms with Crippen molar-refractivity contribution in [3.63, 3.8) is 0 Å². The lowest BCUT2D eigenvalue weighted by atomic mass is 10.2. The van der Waals surface area contributed by atoms with Crippen LogP contribution in [0.1, 0.15) is 11.1 Å². The maximum Gasteiger partial charge on any atom is 0.234 e. The van der Waals surface area contributed by atoms with Crippen LogP contribution in [0.15, 0.2) is 36.4 Å². The summed E-state index contributed by atoms with van der Waals surface area (Å²) in [5.74, 6) is 0.134. The van der Waals surface area contributed by atoms with Gasteiger partial charge in [0.05, 0.1) is 5.75 Å². The third-order valence-electron chi connectivity index (χ3n) is 2.98. The molecule has 0 heterocycles. The summed E-state index contributed by atoms with van der Waals surface area (Å²) in [6.45, 7) is 1.89. The molecule has 0 radical (unpaired) electrons. The van der Waals surface area contributed by atoms with Crippen molar-refractivity contribution < 1.29 is 9.18 Å². The number of thioether (sulfide) groups is 1. The highest BCUT2D eigenvalue weighted by Crippen LogP contribution is 2.22. The van der Waals surface area contributed by atoms with E-state index in [9.17, 15) is 9.18 Å². The number of nitrogens with one attached hydrogen (secondary N) is 1. The van der Waals surface area contributed by atoms with Crippen molar-refractivity contribution >= 4 is 46.6 Å². The van der Waals surface area contributed by atoms with Gasteiger partial charge in [0.1, 0.15) is 5.82 Å². The average molecular weight is 358 g/mol. The van der Waals surface area contributed by atoms with Gasteiger partial charge in [-0.2, -0.15) is 0 Å². The summed E-state index contributed by atoms with van der Waals surface area (Å²) in [6, 6.07) is 9.85. The second-order valence-corrected chi connectivity index (χ2v) is 6.59. The number of anilines is 1. The minimum Gasteiger partial charge on any atom is -0.325 e. The van der Waals surface area contributed by atoms with Crippen LogP contribution < -0.4 is 5.32 Å². The van der Waals surface area contributed by atoms with E-state index in [1.807, 2.05) is 13.0 Å². The van der Waals surface area contributed by atoms with Gasteiger partial charge in [0.2, 0.25) is 5.91 Å². The smallest absolute Gasteiger partial charge is 0.234 e. The Morgan fingerprint density at radius 3 is 2.59 bits per heavy atom. The molecule has 22 heavy (non-hydrogen) atoms. The Morgan fingerprint density at radius 2 is 1.86 bits per heavy atom. The van der Waals surface area contributed by atoms with Crippen molar-refractivity contribution in [2.75, 3.05) is 11.1 Å². The van der Waals surface area contributed by atoms with Crippen LogP contribution in [0.5, 0.6) is 0 Å². The van der Waals surface area contributed by atoms with Crippen LogP contribution >= 0.6 is 35.0 Å². The number of benzene rings is 2. The fraction of sp³-hybridized carbons (Fsp3) is 0.188. The molecule has 0 saturated heterocycles. The zero-order valence-electron chi connectivity index (χ0n) is 11.8. The summed E-state index contributed by atoms with van der Waals surface area (Å²) in [6.07, 6.45) is 0. The fourth-order valence-corrected chi connectivity index (χ4v) is 2.95. The van der Waals surface area contributed by atoms with Crippen LogP contribution in [-0.2, 0) is 10.5 Å². The first kappa shape index (κ1) is 17.1. The minimum absolute atomic E-state index is 0.148. The van der Waals surface area contributed by atoms with Crippen LogP contribution in [0.3, 0.4) is 0 Å². The molecule has 2 aromatic carbocycles. The first-order chi connectivity index (χ1) is 10.5. The van der Waals surface area contributed by atoms with Crippen molar-refractivity contribution in [3.8, 4) is 0 Å². The first-order valence-electron chi connectivity index (χ1n) is 6.53. The lowest BCUT2D eigenvalue weighted by Gasteiger charge is -2.09. The van der Waals surface area contributed by atoms with Gasteiger partial charge >= 0.3 is 0 Å². The highest BCUT2D eigenvalue weighted by molar-refractivity contribution is 7.99. The normalized spacial score (nSPS) is 10.5. The maximum atomic E-state index is 13.6. The lowest BCUT2D eigenvalue weighted by Crippen LogP contribution is -2.15. The summed E-state index contributed by atoms with van der Waals surface area (Å²) < 4.78 is 13.6. The van der Waals surface area contributed by atoms with Gasteiger partial charge < -0.3 is 5.32 Å². The van der Waals surface area contributed by atoms with Crippen LogP contribution in [0, 0.1) is 12.7 Å². The summed E-state index contributed by atoms with van der Waals surface area (Å²) >= 11 is 12.9. The number of rotatable bonds is 5. The Balaban J connectivity index is 1.86. The van der Waals surface area contributed by atoms with E-state index < -0.39 is 0 Å². The van der Waals surface area contributed by atoms with Crippen molar-refractivity contribution in [2.45, 2.75) is 12.7 Å². The van der Waals surface area contributed by atoms with E-state index in [1.54, 1.807) is 24.3 Å². The number of halogens is 3. The number of amides is 1. The summed E-state index contributed by atoms with van der Waals surface area (Å²) in [5, 5.41) is 3.73. The molecule has 0 aliphatic carbocycles. The molecule has 0 atom stereocenters. The third kappa shape index (κ3) is 4.90. The van der Waals surface area contributed by atoms with E-state index in [2.05, 4.69) is 5.32 Å². The van der Waals surface area contributed by atoms with Gasteiger partial charge in [0.25, 0.3) is 0 Å². The number of aryl methyl sites for hydroxylation is 1. The van der Waals surface area contributed by atoms with E-state index in [0.717, 1.165) is 5.56 Å². The van der Waals surface area contributed by atoms with Gasteiger partial charge in [-0.25, -0.2) is 4.39 Å². The molecule has 2 aromatic rings. The van der Waals surface area contributed by atoms with Gasteiger partial charge in [-0.15, -0.1) is 11.8 Å². The van der Waals surface area contributed by atoms with Crippen LogP contribution in [-0.4, -0.2) is 11.7 Å². The molecule has 2 rings (SSSR count). The van der Waals surface area contributed by atoms with E-state index in [0.29, 0.717) is 27.0 Å². The number of carbonyl (C=O) groups is 1. The molecular weight excluding hydrogens is 344 g/mol. The van der Waals surface area contributed by atoms with Gasteiger partial charge in [-0.3, -0.25) is 4.79 Å². The predicted molar refractivity (Wildman–Crippen MR) is 92.4 cm³/mol. The Morgan fingerprint density at radius 1 is 1.18 bits per heavy atom. The SMILES string of the molecule is Cc1ccc(Cl)cc1NC(=O)CSCc1ccc(Cl)cc1F. The molecular formula is C16H14Cl2FNOS. The molecule has 0 saturated carbocycles. The zero-order valence-corrected chi connectivity index (χ0v) is 14.2. The van der Waals surface area contributed by atoms with E-state index in [4.69, 9.17) is 23.2 Å². The summed E-state index contributed by atoms with van der Waals surface area (Å²) in [7, 11) is 0. The van der Waals surface area contributed by atoms with E-state index >= 15 is 0 Å². The molecule has 1 N–H and O–H groups in total. The quantitative estimate of drug-likeness (QED) is 0.785. The second kappa shape index (κ2) is 7.86. The van der Waals surface area contributed by atoms with Crippen LogP contribution in [0.2, 0.25) is 10.0 Å². The number of hydrogen-bond acceptors (Lipinski definition) is 2. The van der Waals surface area contributed by atoms with Crippen LogP contribution in [0.25, 0.3) is 0 Å². The van der Waals surface area contributed by atoms with Crippen molar-refractivity contribution in [3.05, 3.63) is 63.4 Å². The molecule has 116 valence electrons. The molecule has 0 aromatic heterocycles. The molecule has 1 amide bonds. The Hall–Kier alpha value is -1.23. The standard InChI is InChI=1S/C16H14Cl2FNOS/c1-10-2-4-13(18)7-15(10)20-16(21)9-22-8-11-3-5-12(17)6-14(11)19/h2-7H,8-9H2,1H3,(H,20,21). The Labute approximate surface area is 143 Å². The number of hydrogen-bond donors (Lipinski definition) is 1. The monoisotopic (exact) mass is 357 g/mol. The molecule has 0 spiro atoms. The lowest BCUT2D eigenvalue weighted by molar-refractivity contribution is -0.113. The van der Waals surface area contributed by atoms with Gasteiger partial charge in [0, 0.05) is 21.5 Å². The van der Waals surface area contributed by atoms with Crippen LogP contribution in [0.4, 0.5) is 10.1 Å². The molecule has 0 unspecified atom stereocenters. The molecule has 6 heteroatoms. The largest absolute Gasteiger partial charge is 0.325 e. The van der Waals surface area contributed by atoms with E-state index in [1.165, 1.54) is 17.8 Å². The average Bonchev–Trinajstić information content (AvgIpc) is 2.45. The predicted octanol–water partition coefficient (Wildman–Crippen LogP) is 5.31. The van der Waals surface area contributed by atoms with Crippen molar-refractivity contribution in [2.24, 2.45) is 0 Å².